The quantitative estimate of drug-likeness (QED) is 0.420. The molecule has 1 amide bonds. The number of hydrogen-bond donors (Lipinski definition) is 2. The Morgan fingerprint density at radius 3 is 2.77 bits per heavy atom. The third-order valence-electron chi connectivity index (χ3n) is 5.90. The Balaban J connectivity index is 1.85. The Hall–Kier alpha value is -3.28. The molecule has 1 spiro atoms. The molecule has 0 saturated carbocycles. The van der Waals surface area contributed by atoms with Crippen LogP contribution in [0.3, 0.4) is 0 Å². The molecule has 1 fully saturated rings. The van der Waals surface area contributed by atoms with Gasteiger partial charge in [0.1, 0.15) is 6.61 Å². The zero-order valence-corrected chi connectivity index (χ0v) is 17.6. The summed E-state index contributed by atoms with van der Waals surface area (Å²) in [6, 6.07) is 8.56. The highest BCUT2D eigenvalue weighted by molar-refractivity contribution is 6.32. The molecule has 0 radical (unpaired) electrons. The molecular weight excluding hydrogens is 422 g/mol. The lowest BCUT2D eigenvalue weighted by molar-refractivity contribution is -0.532. The molecule has 2 aromatic carbocycles. The van der Waals surface area contributed by atoms with Crippen molar-refractivity contribution in [3.8, 4) is 23.8 Å². The summed E-state index contributed by atoms with van der Waals surface area (Å²) in [6.07, 6.45) is 5.26. The molecule has 4 atom stereocenters. The van der Waals surface area contributed by atoms with Gasteiger partial charge in [0.25, 0.3) is 11.9 Å². The number of nitrogens with zero attached hydrogens (tertiary/aromatic N) is 1. The topological polar surface area (TPSA) is 103 Å². The van der Waals surface area contributed by atoms with Crippen molar-refractivity contribution < 1.29 is 19.2 Å². The van der Waals surface area contributed by atoms with Crippen LogP contribution in [0.2, 0.25) is 5.02 Å². The number of amides is 1. The smallest absolute Gasteiger partial charge is 0.256 e. The van der Waals surface area contributed by atoms with E-state index in [1.807, 2.05) is 6.92 Å². The first kappa shape index (κ1) is 21.0. The average molecular weight is 442 g/mol. The molecular formula is C22H20ClN3O5. The fourth-order valence-electron chi connectivity index (χ4n) is 4.74. The third-order valence-corrected chi connectivity index (χ3v) is 6.18. The van der Waals surface area contributed by atoms with E-state index in [4.69, 9.17) is 27.5 Å². The molecule has 0 aromatic heterocycles. The number of hydrogen-bond acceptors (Lipinski definition) is 6. The second-order valence-electron chi connectivity index (χ2n) is 7.52. The Morgan fingerprint density at radius 2 is 2.10 bits per heavy atom. The maximum absolute atomic E-state index is 13.1. The highest BCUT2D eigenvalue weighted by atomic mass is 35.5. The number of methoxy groups -OCH3 is 1. The fourth-order valence-corrected chi connectivity index (χ4v) is 5.01. The SMILES string of the molecule is C#CCOc1c(Cl)cc([C@@H]2[C@H](C)N[C@@]3(C(=O)Nc4ccccc43)[C@@H]2[N+](=O)[O-])cc1OC. The van der Waals surface area contributed by atoms with Crippen LogP contribution in [0.5, 0.6) is 11.5 Å². The lowest BCUT2D eigenvalue weighted by Gasteiger charge is -2.25. The molecule has 0 unspecified atom stereocenters. The average Bonchev–Trinajstić information content (AvgIpc) is 3.21. The molecule has 4 rings (SSSR count). The summed E-state index contributed by atoms with van der Waals surface area (Å²) in [6.45, 7) is 1.81. The standard InChI is InChI=1S/C22H20ClN3O5/c1-4-9-31-19-15(23)10-13(11-17(19)30-3)18-12(2)25-22(20(18)26(28)29)14-7-5-6-8-16(14)24-21(22)27/h1,5-8,10-12,18,20,25H,9H2,2-3H3,(H,24,27)/t12-,18-,20+,22+/m0/s1. The second kappa shape index (κ2) is 7.76. The monoisotopic (exact) mass is 441 g/mol. The molecule has 31 heavy (non-hydrogen) atoms. The van der Waals surface area contributed by atoms with E-state index in [1.54, 1.807) is 36.4 Å². The molecule has 8 nitrogen and oxygen atoms in total. The predicted octanol–water partition coefficient (Wildman–Crippen LogP) is 2.93. The van der Waals surface area contributed by atoms with Gasteiger partial charge in [-0.05, 0) is 30.7 Å². The first-order chi connectivity index (χ1) is 14.8. The minimum absolute atomic E-state index is 0.00555. The van der Waals surface area contributed by atoms with Gasteiger partial charge in [-0.3, -0.25) is 20.2 Å². The third kappa shape index (κ3) is 3.09. The summed E-state index contributed by atoms with van der Waals surface area (Å²) in [7, 11) is 1.45. The van der Waals surface area contributed by atoms with Gasteiger partial charge in [0.2, 0.25) is 0 Å². The van der Waals surface area contributed by atoms with Crippen molar-refractivity contribution in [1.29, 1.82) is 0 Å². The molecule has 9 heteroatoms. The lowest BCUT2D eigenvalue weighted by Crippen LogP contribution is -2.54. The van der Waals surface area contributed by atoms with Crippen LogP contribution >= 0.6 is 11.6 Å². The first-order valence-corrected chi connectivity index (χ1v) is 9.98. The van der Waals surface area contributed by atoms with E-state index in [-0.39, 0.29) is 17.4 Å². The number of para-hydroxylation sites is 1. The number of carbonyl (C=O) groups excluding carboxylic acids is 1. The highest BCUT2D eigenvalue weighted by Crippen LogP contribution is 2.51. The molecule has 0 bridgehead atoms. The summed E-state index contributed by atoms with van der Waals surface area (Å²) < 4.78 is 10.9. The lowest BCUT2D eigenvalue weighted by atomic mass is 9.78. The van der Waals surface area contributed by atoms with Gasteiger partial charge in [-0.2, -0.15) is 0 Å². The van der Waals surface area contributed by atoms with Gasteiger partial charge < -0.3 is 14.8 Å². The van der Waals surface area contributed by atoms with Crippen LogP contribution in [0, 0.1) is 22.5 Å². The number of nitro groups is 1. The molecule has 2 heterocycles. The van der Waals surface area contributed by atoms with Gasteiger partial charge in [0.05, 0.1) is 18.1 Å². The molecule has 160 valence electrons. The second-order valence-corrected chi connectivity index (χ2v) is 7.93. The minimum atomic E-state index is -1.50. The van der Waals surface area contributed by atoms with E-state index in [0.29, 0.717) is 22.6 Å². The van der Waals surface area contributed by atoms with Gasteiger partial charge >= 0.3 is 0 Å². The highest BCUT2D eigenvalue weighted by Gasteiger charge is 2.67. The number of rotatable bonds is 5. The van der Waals surface area contributed by atoms with Crippen molar-refractivity contribution in [2.45, 2.75) is 30.5 Å². The minimum Gasteiger partial charge on any atom is -0.493 e. The Kier molecular flexibility index (Phi) is 5.25. The van der Waals surface area contributed by atoms with E-state index in [9.17, 15) is 14.9 Å². The summed E-state index contributed by atoms with van der Waals surface area (Å²) >= 11 is 6.42. The summed E-state index contributed by atoms with van der Waals surface area (Å²) in [5, 5.41) is 18.6. The Labute approximate surface area is 184 Å². The normalized spacial score (nSPS) is 26.3. The van der Waals surface area contributed by atoms with Gasteiger partial charge in [-0.1, -0.05) is 35.7 Å². The van der Waals surface area contributed by atoms with Crippen LogP contribution in [0.1, 0.15) is 24.0 Å². The van der Waals surface area contributed by atoms with Crippen molar-refractivity contribution in [2.24, 2.45) is 0 Å². The number of terminal acetylenes is 1. The molecule has 2 N–H and O–H groups in total. The van der Waals surface area contributed by atoms with E-state index in [2.05, 4.69) is 16.6 Å². The molecule has 0 aliphatic carbocycles. The number of halogens is 1. The van der Waals surface area contributed by atoms with Gasteiger partial charge in [0.15, 0.2) is 17.0 Å². The number of anilines is 1. The molecule has 2 aliphatic rings. The first-order valence-electron chi connectivity index (χ1n) is 9.61. The van der Waals surface area contributed by atoms with Crippen LogP contribution < -0.4 is 20.1 Å². The van der Waals surface area contributed by atoms with E-state index in [1.165, 1.54) is 7.11 Å². The van der Waals surface area contributed by atoms with Crippen molar-refractivity contribution in [1.82, 2.24) is 5.32 Å². The van der Waals surface area contributed by atoms with E-state index >= 15 is 0 Å². The summed E-state index contributed by atoms with van der Waals surface area (Å²) in [4.78, 5) is 25.1. The number of ether oxygens (including phenoxy) is 2. The fraction of sp³-hybridized carbons (Fsp3) is 0.318. The molecule has 2 aromatic rings. The maximum Gasteiger partial charge on any atom is 0.256 e. The van der Waals surface area contributed by atoms with Crippen molar-refractivity contribution in [3.63, 3.8) is 0 Å². The van der Waals surface area contributed by atoms with E-state index in [0.717, 1.165) is 0 Å². The molecule has 1 saturated heterocycles. The zero-order valence-electron chi connectivity index (χ0n) is 16.8. The number of carbonyl (C=O) groups is 1. The van der Waals surface area contributed by atoms with Crippen LogP contribution in [-0.4, -0.2) is 36.6 Å². The van der Waals surface area contributed by atoms with Gasteiger partial charge in [-0.25, -0.2) is 0 Å². The van der Waals surface area contributed by atoms with Crippen molar-refractivity contribution >= 4 is 23.2 Å². The van der Waals surface area contributed by atoms with Crippen LogP contribution in [0.25, 0.3) is 0 Å². The Morgan fingerprint density at radius 1 is 1.35 bits per heavy atom. The zero-order chi connectivity index (χ0) is 22.3. The van der Waals surface area contributed by atoms with Crippen LogP contribution in [-0.2, 0) is 10.3 Å². The largest absolute Gasteiger partial charge is 0.493 e. The van der Waals surface area contributed by atoms with Gasteiger partial charge in [0, 0.05) is 22.2 Å². The summed E-state index contributed by atoms with van der Waals surface area (Å²) in [5.74, 6) is 1.82. The van der Waals surface area contributed by atoms with Gasteiger partial charge in [-0.15, -0.1) is 6.42 Å². The maximum atomic E-state index is 13.1. The van der Waals surface area contributed by atoms with Crippen LogP contribution in [0.4, 0.5) is 5.69 Å². The predicted molar refractivity (Wildman–Crippen MR) is 115 cm³/mol. The Bertz CT molecular complexity index is 1110. The van der Waals surface area contributed by atoms with Crippen molar-refractivity contribution in [3.05, 3.63) is 62.7 Å². The van der Waals surface area contributed by atoms with E-state index < -0.39 is 34.4 Å². The summed E-state index contributed by atoms with van der Waals surface area (Å²) in [5.41, 5.74) is 0.185. The number of nitrogens with one attached hydrogen (secondary N) is 2. The number of fused-ring (bicyclic) bond motifs is 2. The van der Waals surface area contributed by atoms with Crippen molar-refractivity contribution in [2.75, 3.05) is 19.0 Å². The van der Waals surface area contributed by atoms with Crippen LogP contribution in [0.15, 0.2) is 36.4 Å². The number of benzene rings is 2. The molecule has 2 aliphatic heterocycles.